The highest BCUT2D eigenvalue weighted by atomic mass is 19.1. The normalized spacial score (nSPS) is 18.0. The highest BCUT2D eigenvalue weighted by molar-refractivity contribution is 6.65. The molecule has 26 heavy (non-hydrogen) atoms. The van der Waals surface area contributed by atoms with Gasteiger partial charge in [-0.25, -0.2) is 9.07 Å². The lowest BCUT2D eigenvalue weighted by atomic mass is 9.73. The van der Waals surface area contributed by atoms with Gasteiger partial charge >= 0.3 is 7.12 Å². The predicted octanol–water partition coefficient (Wildman–Crippen LogP) is 2.41. The highest BCUT2D eigenvalue weighted by Crippen LogP contribution is 2.31. The van der Waals surface area contributed by atoms with E-state index in [0.717, 1.165) is 12.8 Å². The van der Waals surface area contributed by atoms with E-state index < -0.39 is 25.1 Å². The van der Waals surface area contributed by atoms with Crippen molar-refractivity contribution < 1.29 is 23.6 Å². The van der Waals surface area contributed by atoms with Crippen LogP contribution in [0.1, 0.15) is 38.0 Å². The first-order valence-electron chi connectivity index (χ1n) is 8.82. The van der Waals surface area contributed by atoms with E-state index in [1.54, 1.807) is 19.1 Å². The Bertz CT molecular complexity index is 984. The summed E-state index contributed by atoms with van der Waals surface area (Å²) in [5, 5.41) is 24.9. The lowest BCUT2D eigenvalue weighted by Gasteiger charge is -2.23. The molecule has 0 saturated carbocycles. The summed E-state index contributed by atoms with van der Waals surface area (Å²) in [4.78, 5) is 0. The number of aromatic nitrogens is 2. The van der Waals surface area contributed by atoms with E-state index in [2.05, 4.69) is 5.10 Å². The van der Waals surface area contributed by atoms with Crippen molar-refractivity contribution in [1.29, 1.82) is 0 Å². The number of halogens is 2. The van der Waals surface area contributed by atoms with Crippen LogP contribution in [-0.4, -0.2) is 33.6 Å². The molecule has 1 atom stereocenters. The molecule has 2 heterocycles. The summed E-state index contributed by atoms with van der Waals surface area (Å²) in [6.45, 7) is 2.34. The van der Waals surface area contributed by atoms with Gasteiger partial charge in [0.15, 0.2) is 6.23 Å². The maximum atomic E-state index is 14.7. The Kier molecular flexibility index (Phi) is 4.42. The number of aryl methyl sites for hydroxylation is 1. The number of nitrogens with zero attached hydrogens (tertiary/aromatic N) is 2. The minimum absolute atomic E-state index is 0.00183. The first-order chi connectivity index (χ1) is 12.5. The third-order valence-corrected chi connectivity index (χ3v) is 5.06. The van der Waals surface area contributed by atoms with E-state index >= 15 is 0 Å². The van der Waals surface area contributed by atoms with E-state index in [1.165, 1.54) is 10.7 Å². The molecule has 4 rings (SSSR count). The SMILES string of the molecule is CCc1c(F)ccc2cc3c(c(F)nn3C3CCCCO3)c(B(O)O)c12. The summed E-state index contributed by atoms with van der Waals surface area (Å²) in [5.41, 5.74) is 0.695. The Balaban J connectivity index is 2.09. The molecule has 1 aliphatic heterocycles. The second-order valence-electron chi connectivity index (χ2n) is 6.59. The zero-order chi connectivity index (χ0) is 18.4. The third-order valence-electron chi connectivity index (χ3n) is 5.06. The van der Waals surface area contributed by atoms with Gasteiger partial charge < -0.3 is 14.8 Å². The van der Waals surface area contributed by atoms with Crippen molar-refractivity contribution >= 4 is 34.3 Å². The Morgan fingerprint density at radius 1 is 1.27 bits per heavy atom. The van der Waals surface area contributed by atoms with Gasteiger partial charge in [0, 0.05) is 12.1 Å². The van der Waals surface area contributed by atoms with Gasteiger partial charge in [0.1, 0.15) is 5.82 Å². The number of rotatable bonds is 3. The number of benzene rings is 2. The molecule has 1 fully saturated rings. The maximum absolute atomic E-state index is 14.7. The minimum Gasteiger partial charge on any atom is -0.423 e. The van der Waals surface area contributed by atoms with E-state index in [9.17, 15) is 18.8 Å². The highest BCUT2D eigenvalue weighted by Gasteiger charge is 2.29. The van der Waals surface area contributed by atoms with Crippen molar-refractivity contribution in [2.75, 3.05) is 6.61 Å². The van der Waals surface area contributed by atoms with E-state index in [0.29, 0.717) is 41.3 Å². The van der Waals surface area contributed by atoms with Crippen LogP contribution in [-0.2, 0) is 11.2 Å². The van der Waals surface area contributed by atoms with Crippen LogP contribution < -0.4 is 5.46 Å². The average molecular weight is 360 g/mol. The molecule has 1 saturated heterocycles. The van der Waals surface area contributed by atoms with E-state index in [1.807, 2.05) is 0 Å². The topological polar surface area (TPSA) is 67.5 Å². The first kappa shape index (κ1) is 17.4. The minimum atomic E-state index is -1.95. The maximum Gasteiger partial charge on any atom is 0.489 e. The van der Waals surface area contributed by atoms with Crippen LogP contribution >= 0.6 is 0 Å². The van der Waals surface area contributed by atoms with Gasteiger partial charge in [0.05, 0.1) is 10.9 Å². The largest absolute Gasteiger partial charge is 0.489 e. The molecule has 0 spiro atoms. The van der Waals surface area contributed by atoms with Crippen molar-refractivity contribution in [2.24, 2.45) is 0 Å². The lowest BCUT2D eigenvalue weighted by Crippen LogP contribution is -2.32. The van der Waals surface area contributed by atoms with Crippen molar-refractivity contribution in [1.82, 2.24) is 9.78 Å². The molecule has 1 aliphatic rings. The van der Waals surface area contributed by atoms with Crippen LogP contribution in [0.5, 0.6) is 0 Å². The second-order valence-corrected chi connectivity index (χ2v) is 6.59. The van der Waals surface area contributed by atoms with Crippen LogP contribution in [0.4, 0.5) is 8.78 Å². The monoisotopic (exact) mass is 360 g/mol. The van der Waals surface area contributed by atoms with Crippen LogP contribution in [0.15, 0.2) is 18.2 Å². The summed E-state index contributed by atoms with van der Waals surface area (Å²) in [6.07, 6.45) is 2.54. The molecule has 0 radical (unpaired) electrons. The molecule has 0 amide bonds. The fourth-order valence-corrected chi connectivity index (χ4v) is 3.90. The Labute approximate surface area is 149 Å². The van der Waals surface area contributed by atoms with Crippen LogP contribution in [0.25, 0.3) is 21.7 Å². The molecule has 1 unspecified atom stereocenters. The third kappa shape index (κ3) is 2.60. The molecule has 0 bridgehead atoms. The molecule has 5 nitrogen and oxygen atoms in total. The lowest BCUT2D eigenvalue weighted by molar-refractivity contribution is -0.0375. The van der Waals surface area contributed by atoms with Crippen LogP contribution in [0, 0.1) is 11.8 Å². The molecule has 2 N–H and O–H groups in total. The van der Waals surface area contributed by atoms with Gasteiger partial charge in [-0.2, -0.15) is 4.39 Å². The number of hydrogen-bond donors (Lipinski definition) is 2. The smallest absolute Gasteiger partial charge is 0.423 e. The van der Waals surface area contributed by atoms with Gasteiger partial charge in [0.25, 0.3) is 0 Å². The van der Waals surface area contributed by atoms with Crippen molar-refractivity contribution in [3.8, 4) is 0 Å². The molecular weight excluding hydrogens is 341 g/mol. The van der Waals surface area contributed by atoms with Crippen molar-refractivity contribution in [2.45, 2.75) is 38.8 Å². The standard InChI is InChI=1S/C18H19BF2N2O3/c1-2-11-12(20)7-6-10-9-13-16(17(15(10)11)19(24)25)18(21)22-23(13)14-5-3-4-8-26-14/h6-7,9,14,24-25H,2-5,8H2,1H3. The van der Waals surface area contributed by atoms with Gasteiger partial charge in [-0.1, -0.05) is 13.0 Å². The molecule has 1 aromatic heterocycles. The fraction of sp³-hybridized carbons (Fsp3) is 0.389. The van der Waals surface area contributed by atoms with Crippen LogP contribution in [0.2, 0.25) is 0 Å². The predicted molar refractivity (Wildman–Crippen MR) is 95.2 cm³/mol. The zero-order valence-corrected chi connectivity index (χ0v) is 14.4. The quantitative estimate of drug-likeness (QED) is 0.704. The summed E-state index contributed by atoms with van der Waals surface area (Å²) in [6, 6.07) is 4.62. The molecule has 136 valence electrons. The van der Waals surface area contributed by atoms with Gasteiger partial charge in [0.2, 0.25) is 5.95 Å². The van der Waals surface area contributed by atoms with Gasteiger partial charge in [-0.3, -0.25) is 0 Å². The molecule has 8 heteroatoms. The Morgan fingerprint density at radius 3 is 2.73 bits per heavy atom. The summed E-state index contributed by atoms with van der Waals surface area (Å²) < 4.78 is 36.2. The number of fused-ring (bicyclic) bond motifs is 2. The van der Waals surface area contributed by atoms with Crippen LogP contribution in [0.3, 0.4) is 0 Å². The number of ether oxygens (including phenoxy) is 1. The van der Waals surface area contributed by atoms with Crippen molar-refractivity contribution in [3.05, 3.63) is 35.5 Å². The van der Waals surface area contributed by atoms with E-state index in [4.69, 9.17) is 4.74 Å². The van der Waals surface area contributed by atoms with Gasteiger partial charge in [-0.15, -0.1) is 5.10 Å². The summed E-state index contributed by atoms with van der Waals surface area (Å²) in [7, 11) is -1.95. The Hall–Kier alpha value is -2.03. The molecule has 3 aromatic rings. The molecule has 2 aromatic carbocycles. The molecule has 0 aliphatic carbocycles. The summed E-state index contributed by atoms with van der Waals surface area (Å²) in [5.74, 6) is -1.27. The fourth-order valence-electron chi connectivity index (χ4n) is 3.90. The summed E-state index contributed by atoms with van der Waals surface area (Å²) >= 11 is 0. The van der Waals surface area contributed by atoms with Crippen molar-refractivity contribution in [3.63, 3.8) is 0 Å². The molecular formula is C18H19BF2N2O3. The van der Waals surface area contributed by atoms with E-state index in [-0.39, 0.29) is 10.8 Å². The zero-order valence-electron chi connectivity index (χ0n) is 14.4. The number of hydrogen-bond acceptors (Lipinski definition) is 4. The average Bonchev–Trinajstić information content (AvgIpc) is 2.97. The second kappa shape index (κ2) is 6.61. The Morgan fingerprint density at radius 2 is 2.08 bits per heavy atom. The van der Waals surface area contributed by atoms with Gasteiger partial charge in [-0.05, 0) is 54.2 Å². The first-order valence-corrected chi connectivity index (χ1v) is 8.82.